The van der Waals surface area contributed by atoms with E-state index in [-0.39, 0.29) is 11.3 Å². The summed E-state index contributed by atoms with van der Waals surface area (Å²) in [5, 5.41) is 24.5. The first-order chi connectivity index (χ1) is 11.6. The molecule has 2 aromatic rings. The molecule has 6 heteroatoms. The van der Waals surface area contributed by atoms with Crippen LogP contribution in [0.25, 0.3) is 0 Å². The molecule has 0 aromatic heterocycles. The number of nitriles is 1. The van der Waals surface area contributed by atoms with E-state index >= 15 is 0 Å². The van der Waals surface area contributed by atoms with E-state index in [1.54, 1.807) is 12.1 Å². The van der Waals surface area contributed by atoms with Crippen molar-refractivity contribution in [2.45, 2.75) is 6.42 Å². The molecule has 0 radical (unpaired) electrons. The number of phenols is 1. The average Bonchev–Trinajstić information content (AvgIpc) is 2.58. The number of carbonyl (C=O) groups excluding carboxylic acids is 1. The van der Waals surface area contributed by atoms with E-state index in [0.717, 1.165) is 12.0 Å². The van der Waals surface area contributed by atoms with Gasteiger partial charge in [0.2, 0.25) is 0 Å². The fourth-order valence-corrected chi connectivity index (χ4v) is 2.06. The number of halogens is 1. The van der Waals surface area contributed by atoms with Crippen LogP contribution in [0.15, 0.2) is 60.3 Å². The normalized spacial score (nSPS) is 10.8. The number of phenolic OH excluding ortho intramolecular Hbond substituents is 1. The lowest BCUT2D eigenvalue weighted by Crippen LogP contribution is -2.17. The van der Waals surface area contributed by atoms with Crippen molar-refractivity contribution in [2.75, 3.05) is 11.9 Å². The minimum atomic E-state index is -0.512. The Morgan fingerprint density at radius 2 is 1.83 bits per heavy atom. The molecule has 2 aromatic carbocycles. The van der Waals surface area contributed by atoms with Gasteiger partial charge in [-0.15, -0.1) is 0 Å². The molecule has 0 saturated heterocycles. The van der Waals surface area contributed by atoms with Gasteiger partial charge in [-0.1, -0.05) is 23.7 Å². The van der Waals surface area contributed by atoms with Gasteiger partial charge in [-0.2, -0.15) is 5.26 Å². The number of nitrogens with zero attached hydrogens (tertiary/aromatic N) is 1. The van der Waals surface area contributed by atoms with E-state index < -0.39 is 5.91 Å². The fraction of sp³-hybridized carbons (Fsp3) is 0.111. The Bertz CT molecular complexity index is 762. The minimum absolute atomic E-state index is 0.0285. The van der Waals surface area contributed by atoms with E-state index in [9.17, 15) is 9.90 Å². The highest BCUT2D eigenvalue weighted by Crippen LogP contribution is 2.14. The van der Waals surface area contributed by atoms with Gasteiger partial charge in [-0.3, -0.25) is 4.79 Å². The second kappa shape index (κ2) is 8.61. The number of rotatable bonds is 6. The number of hydrogen-bond acceptors (Lipinski definition) is 4. The predicted octanol–water partition coefficient (Wildman–Crippen LogP) is 3.22. The SMILES string of the molecule is N#C/C(=C/NCCc1ccc(Cl)cc1)C(=O)Nc1ccc(O)cc1. The zero-order valence-corrected chi connectivity index (χ0v) is 13.5. The molecule has 1 amide bonds. The third-order valence-electron chi connectivity index (χ3n) is 3.21. The van der Waals surface area contributed by atoms with E-state index in [4.69, 9.17) is 16.9 Å². The second-order valence-corrected chi connectivity index (χ2v) is 5.44. The highest BCUT2D eigenvalue weighted by Gasteiger charge is 2.08. The van der Waals surface area contributed by atoms with Crippen LogP contribution in [-0.2, 0) is 11.2 Å². The van der Waals surface area contributed by atoms with E-state index in [1.165, 1.54) is 18.3 Å². The summed E-state index contributed by atoms with van der Waals surface area (Å²) in [6.45, 7) is 0.583. The quantitative estimate of drug-likeness (QED) is 0.326. The van der Waals surface area contributed by atoms with E-state index in [1.807, 2.05) is 30.3 Å². The summed E-state index contributed by atoms with van der Waals surface area (Å²) in [7, 11) is 0. The van der Waals surface area contributed by atoms with Gasteiger partial charge >= 0.3 is 0 Å². The highest BCUT2D eigenvalue weighted by atomic mass is 35.5. The maximum atomic E-state index is 12.0. The van der Waals surface area contributed by atoms with Gasteiger partial charge in [-0.05, 0) is 48.4 Å². The van der Waals surface area contributed by atoms with Crippen LogP contribution in [0, 0.1) is 11.3 Å². The summed E-state index contributed by atoms with van der Waals surface area (Å²) in [4.78, 5) is 12.0. The van der Waals surface area contributed by atoms with E-state index in [2.05, 4.69) is 10.6 Å². The van der Waals surface area contributed by atoms with Crippen molar-refractivity contribution in [3.05, 3.63) is 70.9 Å². The van der Waals surface area contributed by atoms with Crippen LogP contribution in [0.1, 0.15) is 5.56 Å². The Balaban J connectivity index is 1.86. The topological polar surface area (TPSA) is 85.2 Å². The van der Waals surface area contributed by atoms with Gasteiger partial charge < -0.3 is 15.7 Å². The van der Waals surface area contributed by atoms with Gasteiger partial charge in [0.25, 0.3) is 5.91 Å². The summed E-state index contributed by atoms with van der Waals surface area (Å²) in [6.07, 6.45) is 2.14. The molecule has 0 fully saturated rings. The molecule has 2 rings (SSSR count). The minimum Gasteiger partial charge on any atom is -0.508 e. The molecule has 0 atom stereocenters. The predicted molar refractivity (Wildman–Crippen MR) is 93.6 cm³/mol. The Morgan fingerprint density at radius 3 is 2.46 bits per heavy atom. The van der Waals surface area contributed by atoms with Gasteiger partial charge in [0.05, 0.1) is 0 Å². The third kappa shape index (κ3) is 5.34. The number of anilines is 1. The van der Waals surface area contributed by atoms with Crippen molar-refractivity contribution in [2.24, 2.45) is 0 Å². The maximum absolute atomic E-state index is 12.0. The Morgan fingerprint density at radius 1 is 1.17 bits per heavy atom. The molecule has 122 valence electrons. The summed E-state index contributed by atoms with van der Waals surface area (Å²) in [5.41, 5.74) is 1.58. The van der Waals surface area contributed by atoms with E-state index in [0.29, 0.717) is 17.3 Å². The smallest absolute Gasteiger partial charge is 0.267 e. The van der Waals surface area contributed by atoms with Gasteiger partial charge in [0.1, 0.15) is 17.4 Å². The van der Waals surface area contributed by atoms with Crippen molar-refractivity contribution in [3.63, 3.8) is 0 Å². The fourth-order valence-electron chi connectivity index (χ4n) is 1.93. The van der Waals surface area contributed by atoms with Gasteiger partial charge in [0, 0.05) is 23.5 Å². The standard InChI is InChI=1S/C18H16ClN3O2/c19-15-3-1-13(2-4-15)9-10-21-12-14(11-20)18(24)22-16-5-7-17(23)8-6-16/h1-8,12,21,23H,9-10H2,(H,22,24)/b14-12-. The van der Waals surface area contributed by atoms with Crippen LogP contribution in [0.5, 0.6) is 5.75 Å². The number of amides is 1. The first-order valence-electron chi connectivity index (χ1n) is 7.27. The van der Waals surface area contributed by atoms with Crippen LogP contribution in [-0.4, -0.2) is 17.6 Å². The lowest BCUT2D eigenvalue weighted by molar-refractivity contribution is -0.112. The molecule has 24 heavy (non-hydrogen) atoms. The second-order valence-electron chi connectivity index (χ2n) is 5.00. The molecule has 0 heterocycles. The monoisotopic (exact) mass is 341 g/mol. The molecule has 0 aliphatic rings. The average molecular weight is 342 g/mol. The van der Waals surface area contributed by atoms with Crippen LogP contribution >= 0.6 is 11.6 Å². The molecule has 0 aliphatic carbocycles. The first-order valence-corrected chi connectivity index (χ1v) is 7.65. The first kappa shape index (κ1) is 17.4. The number of benzene rings is 2. The number of hydrogen-bond donors (Lipinski definition) is 3. The Kier molecular flexibility index (Phi) is 6.23. The zero-order chi connectivity index (χ0) is 17.4. The van der Waals surface area contributed by atoms with Crippen LogP contribution in [0.2, 0.25) is 5.02 Å². The molecule has 0 unspecified atom stereocenters. The molecule has 0 aliphatic heterocycles. The summed E-state index contributed by atoms with van der Waals surface area (Å²) >= 11 is 5.82. The molecular weight excluding hydrogens is 326 g/mol. The van der Waals surface area contributed by atoms with Gasteiger partial charge in [-0.25, -0.2) is 0 Å². The largest absolute Gasteiger partial charge is 0.508 e. The Labute approximate surface area is 145 Å². The molecular formula is C18H16ClN3O2. The van der Waals surface area contributed by atoms with Crippen molar-refractivity contribution in [1.82, 2.24) is 5.32 Å². The highest BCUT2D eigenvalue weighted by molar-refractivity contribution is 6.30. The van der Waals surface area contributed by atoms with Crippen molar-refractivity contribution >= 4 is 23.2 Å². The zero-order valence-electron chi connectivity index (χ0n) is 12.8. The van der Waals surface area contributed by atoms with Crippen molar-refractivity contribution in [3.8, 4) is 11.8 Å². The maximum Gasteiger partial charge on any atom is 0.267 e. The molecule has 0 saturated carbocycles. The third-order valence-corrected chi connectivity index (χ3v) is 3.46. The lowest BCUT2D eigenvalue weighted by Gasteiger charge is -2.05. The van der Waals surface area contributed by atoms with Crippen LogP contribution in [0.4, 0.5) is 5.69 Å². The molecule has 0 spiro atoms. The molecule has 0 bridgehead atoms. The number of aromatic hydroxyl groups is 1. The number of carbonyl (C=O) groups is 1. The summed E-state index contributed by atoms with van der Waals surface area (Å²) in [5.74, 6) is -0.407. The van der Waals surface area contributed by atoms with Gasteiger partial charge in [0.15, 0.2) is 0 Å². The van der Waals surface area contributed by atoms with Crippen LogP contribution < -0.4 is 10.6 Å². The summed E-state index contributed by atoms with van der Waals surface area (Å²) in [6, 6.07) is 15.4. The lowest BCUT2D eigenvalue weighted by atomic mass is 10.1. The molecule has 3 N–H and O–H groups in total. The van der Waals surface area contributed by atoms with Crippen molar-refractivity contribution < 1.29 is 9.90 Å². The number of nitrogens with one attached hydrogen (secondary N) is 2. The van der Waals surface area contributed by atoms with Crippen molar-refractivity contribution in [1.29, 1.82) is 5.26 Å². The summed E-state index contributed by atoms with van der Waals surface area (Å²) < 4.78 is 0. The van der Waals surface area contributed by atoms with Crippen LogP contribution in [0.3, 0.4) is 0 Å². The molecule has 5 nitrogen and oxygen atoms in total. The Hall–Kier alpha value is -2.97.